The number of nitrogens with two attached hydrogens (primary N) is 1. The van der Waals surface area contributed by atoms with Crippen molar-refractivity contribution in [2.75, 3.05) is 47.9 Å². The summed E-state index contributed by atoms with van der Waals surface area (Å²) in [7, 11) is -8.00. The molecule has 14 nitrogen and oxygen atoms in total. The van der Waals surface area contributed by atoms with E-state index in [-0.39, 0.29) is 106 Å². The maximum atomic E-state index is 13.5. The predicted octanol–water partition coefficient (Wildman–Crippen LogP) is 5.49. The Kier molecular flexibility index (Phi) is 12.7. The Hall–Kier alpha value is -2.57. The van der Waals surface area contributed by atoms with E-state index >= 15 is 0 Å². The summed E-state index contributed by atoms with van der Waals surface area (Å²) in [6.07, 6.45) is 4.23. The van der Waals surface area contributed by atoms with Crippen LogP contribution < -0.4 is 19.7 Å². The molecule has 4 aliphatic carbocycles. The second-order valence-electron chi connectivity index (χ2n) is 16.6. The molecule has 2 aromatic carbocycles. The second kappa shape index (κ2) is 16.5. The van der Waals surface area contributed by atoms with E-state index in [0.717, 1.165) is 39.0 Å². The number of primary amides is 1. The first-order chi connectivity index (χ1) is 26.5. The zero-order valence-electron chi connectivity index (χ0n) is 32.1. The van der Waals surface area contributed by atoms with E-state index in [2.05, 4.69) is 5.32 Å². The normalized spacial score (nSPS) is 30.4. The highest BCUT2D eigenvalue weighted by Crippen LogP contribution is 2.60. The molecule has 2 heterocycles. The number of nitrogens with zero attached hydrogens (tertiary/aromatic N) is 4. The SMILES string of the molecule is Cc1cc(Cl)c(N2C[C@@H](C)CN(CC(=O)NC3C4CC5CC3CC(C(N)=O)(C5)C4)S2(=O)=O)c(Cl)c1.Cc1cc(Cl)c(N2C[C@@H](C)CN(CC(=O)O)S2(=O)=O)c(Cl)c1. The van der Waals surface area contributed by atoms with Crippen molar-refractivity contribution in [3.8, 4) is 0 Å². The third kappa shape index (κ3) is 8.84. The lowest BCUT2D eigenvalue weighted by Crippen LogP contribution is -2.63. The molecule has 314 valence electrons. The second-order valence-corrected chi connectivity index (χ2v) is 22.0. The molecule has 4 atom stereocenters. The van der Waals surface area contributed by atoms with Crippen LogP contribution >= 0.6 is 46.4 Å². The average molecular weight is 911 g/mol. The van der Waals surface area contributed by atoms with Crippen molar-refractivity contribution < 1.29 is 36.3 Å². The molecule has 2 unspecified atom stereocenters. The number of benzene rings is 2. The summed E-state index contributed by atoms with van der Waals surface area (Å²) in [5, 5.41) is 13.0. The van der Waals surface area contributed by atoms with Crippen molar-refractivity contribution in [1.82, 2.24) is 13.9 Å². The van der Waals surface area contributed by atoms with Gasteiger partial charge in [0.25, 0.3) is 0 Å². The van der Waals surface area contributed by atoms with Crippen LogP contribution in [0.3, 0.4) is 0 Å². The van der Waals surface area contributed by atoms with Crippen molar-refractivity contribution in [3.63, 3.8) is 0 Å². The highest BCUT2D eigenvalue weighted by Gasteiger charge is 2.58. The number of anilines is 2. The highest BCUT2D eigenvalue weighted by molar-refractivity contribution is 7.90. The maximum absolute atomic E-state index is 13.5. The number of hydrogen-bond donors (Lipinski definition) is 3. The van der Waals surface area contributed by atoms with E-state index in [1.54, 1.807) is 31.2 Å². The number of carbonyl (C=O) groups excluding carboxylic acids is 2. The molecule has 6 aliphatic rings. The number of carbonyl (C=O) groups is 3. The summed E-state index contributed by atoms with van der Waals surface area (Å²) < 4.78 is 56.8. The van der Waals surface area contributed by atoms with Gasteiger partial charge < -0.3 is 16.2 Å². The van der Waals surface area contributed by atoms with Gasteiger partial charge in [0, 0.05) is 37.6 Å². The molecule has 20 heteroatoms. The molecule has 0 spiro atoms. The number of nitrogens with one attached hydrogen (secondary N) is 1. The van der Waals surface area contributed by atoms with Crippen LogP contribution in [0.2, 0.25) is 20.1 Å². The third-order valence-corrected chi connectivity index (χ3v) is 16.6. The topological polar surface area (TPSA) is 191 Å². The molecular weight excluding hydrogens is 862 g/mol. The molecule has 6 fully saturated rings. The van der Waals surface area contributed by atoms with Crippen LogP contribution in [0.4, 0.5) is 11.4 Å². The van der Waals surface area contributed by atoms with Gasteiger partial charge in [-0.15, -0.1) is 0 Å². The van der Waals surface area contributed by atoms with E-state index in [0.29, 0.717) is 18.8 Å². The van der Waals surface area contributed by atoms with Crippen LogP contribution in [-0.2, 0) is 34.8 Å². The summed E-state index contributed by atoms with van der Waals surface area (Å²) >= 11 is 25.2. The summed E-state index contributed by atoms with van der Waals surface area (Å²) in [6, 6.07) is 6.56. The van der Waals surface area contributed by atoms with E-state index in [4.69, 9.17) is 57.2 Å². The number of aryl methyl sites for hydroxylation is 2. The highest BCUT2D eigenvalue weighted by atomic mass is 35.5. The van der Waals surface area contributed by atoms with Crippen molar-refractivity contribution in [3.05, 3.63) is 55.5 Å². The van der Waals surface area contributed by atoms with E-state index in [9.17, 15) is 31.2 Å². The fourth-order valence-electron chi connectivity index (χ4n) is 9.70. The minimum atomic E-state index is -4.01. The van der Waals surface area contributed by atoms with Crippen LogP contribution in [0.15, 0.2) is 24.3 Å². The molecule has 2 amide bonds. The zero-order chi connectivity index (χ0) is 41.9. The lowest BCUT2D eigenvalue weighted by atomic mass is 9.47. The minimum Gasteiger partial charge on any atom is -0.480 e. The first-order valence-electron chi connectivity index (χ1n) is 18.8. The number of hydrogen-bond acceptors (Lipinski definition) is 7. The molecule has 2 saturated heterocycles. The van der Waals surface area contributed by atoms with Crippen LogP contribution in [0.5, 0.6) is 0 Å². The van der Waals surface area contributed by atoms with Gasteiger partial charge in [-0.25, -0.2) is 0 Å². The molecule has 2 aliphatic heterocycles. The van der Waals surface area contributed by atoms with Gasteiger partial charge >= 0.3 is 26.4 Å². The van der Waals surface area contributed by atoms with E-state index in [1.807, 2.05) is 20.8 Å². The van der Waals surface area contributed by atoms with E-state index < -0.39 is 38.3 Å². The van der Waals surface area contributed by atoms with Gasteiger partial charge in [0.05, 0.1) is 38.0 Å². The van der Waals surface area contributed by atoms with Gasteiger partial charge in [-0.05, 0) is 111 Å². The van der Waals surface area contributed by atoms with Gasteiger partial charge in [-0.1, -0.05) is 60.3 Å². The van der Waals surface area contributed by atoms with Crippen molar-refractivity contribution in [1.29, 1.82) is 0 Å². The van der Waals surface area contributed by atoms with Gasteiger partial charge in [0.15, 0.2) is 0 Å². The van der Waals surface area contributed by atoms with Crippen LogP contribution in [0.1, 0.15) is 57.1 Å². The first-order valence-corrected chi connectivity index (χ1v) is 23.1. The fraction of sp³-hybridized carbons (Fsp3) is 0.595. The van der Waals surface area contributed by atoms with Crippen molar-refractivity contribution in [2.24, 2.45) is 40.7 Å². The Bertz CT molecular complexity index is 2120. The third-order valence-electron chi connectivity index (χ3n) is 11.8. The number of halogens is 4. The van der Waals surface area contributed by atoms with Crippen molar-refractivity contribution >= 4 is 96.0 Å². The molecular formula is C37H48Cl4N6O8S2. The average Bonchev–Trinajstić information content (AvgIpc) is 3.06. The largest absolute Gasteiger partial charge is 0.480 e. The van der Waals surface area contributed by atoms with Gasteiger partial charge in [-0.3, -0.25) is 23.0 Å². The quantitative estimate of drug-likeness (QED) is 0.310. The molecule has 4 bridgehead atoms. The predicted molar refractivity (Wildman–Crippen MR) is 221 cm³/mol. The van der Waals surface area contributed by atoms with Gasteiger partial charge in [0.2, 0.25) is 11.8 Å². The zero-order valence-corrected chi connectivity index (χ0v) is 36.7. The van der Waals surface area contributed by atoms with E-state index in [1.165, 1.54) is 8.61 Å². The molecule has 4 saturated carbocycles. The Morgan fingerprint density at radius 2 is 1.14 bits per heavy atom. The Morgan fingerprint density at radius 1 is 0.737 bits per heavy atom. The lowest BCUT2D eigenvalue weighted by Gasteiger charge is -2.58. The van der Waals surface area contributed by atoms with Crippen LogP contribution in [-0.4, -0.2) is 93.6 Å². The molecule has 0 radical (unpaired) electrons. The maximum Gasteiger partial charge on any atom is 0.318 e. The first kappa shape index (κ1) is 44.0. The monoisotopic (exact) mass is 908 g/mol. The Balaban J connectivity index is 0.000000215. The van der Waals surface area contributed by atoms with Gasteiger partial charge in [-0.2, -0.15) is 25.4 Å². The number of aliphatic carboxylic acids is 1. The summed E-state index contributed by atoms with van der Waals surface area (Å²) in [5.74, 6) is -0.953. The van der Waals surface area contributed by atoms with Crippen LogP contribution in [0.25, 0.3) is 0 Å². The number of rotatable bonds is 8. The Labute approximate surface area is 354 Å². The smallest absolute Gasteiger partial charge is 0.318 e. The molecule has 4 N–H and O–H groups in total. The molecule has 0 aromatic heterocycles. The number of carboxylic acids is 1. The fourth-order valence-corrected chi connectivity index (χ4v) is 15.2. The van der Waals surface area contributed by atoms with Crippen LogP contribution in [0, 0.1) is 48.9 Å². The van der Waals surface area contributed by atoms with Gasteiger partial charge in [0.1, 0.15) is 6.54 Å². The van der Waals surface area contributed by atoms with Crippen molar-refractivity contribution in [2.45, 2.75) is 65.8 Å². The molecule has 2 aromatic rings. The summed E-state index contributed by atoms with van der Waals surface area (Å²) in [5.41, 5.74) is 7.41. The summed E-state index contributed by atoms with van der Waals surface area (Å²) in [4.78, 5) is 36.3. The Morgan fingerprint density at radius 3 is 1.53 bits per heavy atom. The number of amides is 2. The lowest BCUT2D eigenvalue weighted by molar-refractivity contribution is -0.147. The minimum absolute atomic E-state index is 0.0311. The molecule has 8 rings (SSSR count). The summed E-state index contributed by atoms with van der Waals surface area (Å²) in [6.45, 7) is 7.34. The number of carboxylic acid groups (broad SMARTS) is 1. The molecule has 57 heavy (non-hydrogen) atoms. The standard InChI is InChI=1S/C24H32Cl2N4O4S.C13H16Cl2N2O4S/c1-13-3-18(25)22(19(26)4-13)30-11-14(2)10-29(35(30,33)34)12-20(31)28-21-16-5-15-6-17(21)9-24(7-15,8-16)23(27)32;1-8-3-10(14)13(11(15)4-8)17-6-9(2)5-16(7-12(18)19)22(17,20)21/h3-4,14-17,21H,5-12H2,1-2H3,(H2,27,32)(H,28,31);3-4,9H,5-7H2,1-2H3,(H,18,19)/t14-,15?,16?,17?,21?,24?;9-/m00/s1.